The van der Waals surface area contributed by atoms with E-state index in [1.54, 1.807) is 0 Å². The number of hydrogen-bond acceptors (Lipinski definition) is 6. The molecule has 0 spiro atoms. The molecule has 1 atom stereocenters. The Hall–Kier alpha value is -2.63. The third kappa shape index (κ3) is 44.5. The van der Waals surface area contributed by atoms with Crippen LogP contribution in [0, 0.1) is 0 Å². The molecule has 0 aliphatic rings. The van der Waals surface area contributed by atoms with Crippen LogP contribution in [-0.2, 0) is 28.6 Å². The molecule has 0 aliphatic heterocycles. The van der Waals surface area contributed by atoms with E-state index in [4.69, 9.17) is 14.2 Å². The summed E-state index contributed by atoms with van der Waals surface area (Å²) in [4.78, 5) is 37.8. The largest absolute Gasteiger partial charge is 0.462 e. The standard InChI is InChI=1S/C52H92O6/c1-4-7-10-13-16-19-22-24-25-26-27-28-31-33-36-39-42-45-51(54)57-48-49(47-56-50(53)44-41-38-35-32-29-21-18-15-12-9-6-3)58-52(55)46-43-40-37-34-30-23-20-17-14-11-8-5-2/h7,10,15-16,18-19,24-25,49H,4-6,8-9,11-14,17,20-23,26-48H2,1-3H3/b10-7-,18-15-,19-16-,25-24-. The molecule has 0 amide bonds. The second-order valence-corrected chi connectivity index (χ2v) is 16.3. The molecule has 336 valence electrons. The summed E-state index contributed by atoms with van der Waals surface area (Å²) < 4.78 is 16.7. The average Bonchev–Trinajstić information content (AvgIpc) is 3.22. The normalized spacial score (nSPS) is 12.4. The summed E-state index contributed by atoms with van der Waals surface area (Å²) in [6.07, 6.45) is 55.2. The molecule has 58 heavy (non-hydrogen) atoms. The summed E-state index contributed by atoms with van der Waals surface area (Å²) in [5.41, 5.74) is 0. The lowest BCUT2D eigenvalue weighted by Gasteiger charge is -2.18. The molecule has 0 saturated heterocycles. The molecule has 0 radical (unpaired) electrons. The number of carbonyl (C=O) groups is 3. The Bertz CT molecular complexity index is 1030. The van der Waals surface area contributed by atoms with Gasteiger partial charge in [0.15, 0.2) is 6.10 Å². The molecule has 6 heteroatoms. The maximum atomic E-state index is 12.7. The van der Waals surface area contributed by atoms with Crippen LogP contribution in [0.3, 0.4) is 0 Å². The number of ether oxygens (including phenoxy) is 3. The maximum absolute atomic E-state index is 12.7. The van der Waals surface area contributed by atoms with Gasteiger partial charge >= 0.3 is 17.9 Å². The predicted octanol–water partition coefficient (Wildman–Crippen LogP) is 15.9. The van der Waals surface area contributed by atoms with Crippen LogP contribution in [0.4, 0.5) is 0 Å². The molecule has 0 N–H and O–H groups in total. The lowest BCUT2D eigenvalue weighted by molar-refractivity contribution is -0.167. The van der Waals surface area contributed by atoms with Gasteiger partial charge in [-0.05, 0) is 70.6 Å². The van der Waals surface area contributed by atoms with Crippen molar-refractivity contribution in [2.24, 2.45) is 0 Å². The highest BCUT2D eigenvalue weighted by Crippen LogP contribution is 2.15. The SMILES string of the molecule is CC/C=C\C/C=C\C/C=C\CCCCCCCCCC(=O)OCC(COC(=O)CCCCCCC/C=C\CCCC)OC(=O)CCCCCCCCCCCCCC. The van der Waals surface area contributed by atoms with Gasteiger partial charge in [0.05, 0.1) is 0 Å². The van der Waals surface area contributed by atoms with Crippen molar-refractivity contribution in [3.8, 4) is 0 Å². The van der Waals surface area contributed by atoms with Crippen molar-refractivity contribution in [2.75, 3.05) is 13.2 Å². The molecule has 0 aromatic heterocycles. The fraction of sp³-hybridized carbons (Fsp3) is 0.788. The molecule has 0 aliphatic carbocycles. The summed E-state index contributed by atoms with van der Waals surface area (Å²) in [6.45, 7) is 6.47. The maximum Gasteiger partial charge on any atom is 0.306 e. The van der Waals surface area contributed by atoms with Gasteiger partial charge in [-0.15, -0.1) is 0 Å². The fourth-order valence-corrected chi connectivity index (χ4v) is 6.85. The first kappa shape index (κ1) is 55.4. The zero-order valence-corrected chi connectivity index (χ0v) is 38.3. The quantitative estimate of drug-likeness (QED) is 0.0264. The summed E-state index contributed by atoms with van der Waals surface area (Å²) in [5, 5.41) is 0. The molecule has 0 aromatic rings. The molecule has 0 bridgehead atoms. The fourth-order valence-electron chi connectivity index (χ4n) is 6.85. The van der Waals surface area contributed by atoms with Gasteiger partial charge in [-0.2, -0.15) is 0 Å². The van der Waals surface area contributed by atoms with E-state index in [1.807, 2.05) is 0 Å². The van der Waals surface area contributed by atoms with E-state index in [0.717, 1.165) is 89.9 Å². The zero-order valence-electron chi connectivity index (χ0n) is 38.3. The number of carbonyl (C=O) groups excluding carboxylic acids is 3. The van der Waals surface area contributed by atoms with Gasteiger partial charge < -0.3 is 14.2 Å². The van der Waals surface area contributed by atoms with Crippen molar-refractivity contribution >= 4 is 17.9 Å². The van der Waals surface area contributed by atoms with Crippen molar-refractivity contribution in [2.45, 2.75) is 252 Å². The van der Waals surface area contributed by atoms with Crippen LogP contribution < -0.4 is 0 Å². The van der Waals surface area contributed by atoms with E-state index in [-0.39, 0.29) is 31.1 Å². The van der Waals surface area contributed by atoms with Crippen LogP contribution in [0.15, 0.2) is 48.6 Å². The monoisotopic (exact) mass is 813 g/mol. The minimum absolute atomic E-state index is 0.0789. The molecular formula is C52H92O6. The molecule has 0 saturated carbocycles. The van der Waals surface area contributed by atoms with Crippen LogP contribution in [0.1, 0.15) is 245 Å². The Morgan fingerprint density at radius 3 is 1.12 bits per heavy atom. The van der Waals surface area contributed by atoms with Crippen LogP contribution in [0.5, 0.6) is 0 Å². The second-order valence-electron chi connectivity index (χ2n) is 16.3. The third-order valence-electron chi connectivity index (χ3n) is 10.6. The van der Waals surface area contributed by atoms with Gasteiger partial charge in [-0.1, -0.05) is 204 Å². The highest BCUT2D eigenvalue weighted by Gasteiger charge is 2.19. The molecule has 0 heterocycles. The van der Waals surface area contributed by atoms with Crippen molar-refractivity contribution in [1.82, 2.24) is 0 Å². The Balaban J connectivity index is 4.35. The summed E-state index contributed by atoms with van der Waals surface area (Å²) in [7, 11) is 0. The Morgan fingerprint density at radius 2 is 0.690 bits per heavy atom. The van der Waals surface area contributed by atoms with Gasteiger partial charge in [0, 0.05) is 19.3 Å². The zero-order chi connectivity index (χ0) is 42.3. The second kappa shape index (κ2) is 47.1. The number of unbranched alkanes of at least 4 members (excludes halogenated alkanes) is 25. The van der Waals surface area contributed by atoms with E-state index >= 15 is 0 Å². The number of hydrogen-bond donors (Lipinski definition) is 0. The molecule has 0 rings (SSSR count). The smallest absolute Gasteiger partial charge is 0.306 e. The summed E-state index contributed by atoms with van der Waals surface area (Å²) in [6, 6.07) is 0. The van der Waals surface area contributed by atoms with E-state index in [0.29, 0.717) is 19.3 Å². The average molecular weight is 813 g/mol. The summed E-state index contributed by atoms with van der Waals surface area (Å²) in [5.74, 6) is -0.893. The highest BCUT2D eigenvalue weighted by molar-refractivity contribution is 5.71. The summed E-state index contributed by atoms with van der Waals surface area (Å²) >= 11 is 0. The van der Waals surface area contributed by atoms with Gasteiger partial charge in [-0.25, -0.2) is 0 Å². The van der Waals surface area contributed by atoms with Crippen LogP contribution in [0.2, 0.25) is 0 Å². The van der Waals surface area contributed by atoms with Crippen molar-refractivity contribution < 1.29 is 28.6 Å². The van der Waals surface area contributed by atoms with E-state index < -0.39 is 6.10 Å². The van der Waals surface area contributed by atoms with Crippen molar-refractivity contribution in [1.29, 1.82) is 0 Å². The van der Waals surface area contributed by atoms with E-state index in [9.17, 15) is 14.4 Å². The first-order chi connectivity index (χ1) is 28.5. The van der Waals surface area contributed by atoms with E-state index in [2.05, 4.69) is 69.4 Å². The lowest BCUT2D eigenvalue weighted by Crippen LogP contribution is -2.30. The first-order valence-corrected chi connectivity index (χ1v) is 24.6. The van der Waals surface area contributed by atoms with Crippen molar-refractivity contribution in [3.05, 3.63) is 48.6 Å². The number of esters is 3. The number of allylic oxidation sites excluding steroid dienone is 8. The van der Waals surface area contributed by atoms with Crippen molar-refractivity contribution in [3.63, 3.8) is 0 Å². The van der Waals surface area contributed by atoms with Gasteiger partial charge in [0.25, 0.3) is 0 Å². The third-order valence-corrected chi connectivity index (χ3v) is 10.6. The lowest BCUT2D eigenvalue weighted by atomic mass is 10.0. The van der Waals surface area contributed by atoms with Crippen LogP contribution >= 0.6 is 0 Å². The highest BCUT2D eigenvalue weighted by atomic mass is 16.6. The molecule has 1 unspecified atom stereocenters. The van der Waals surface area contributed by atoms with Crippen LogP contribution in [-0.4, -0.2) is 37.2 Å². The van der Waals surface area contributed by atoms with Gasteiger partial charge in [-0.3, -0.25) is 14.4 Å². The topological polar surface area (TPSA) is 78.9 Å². The molecule has 0 aromatic carbocycles. The van der Waals surface area contributed by atoms with Gasteiger partial charge in [0.2, 0.25) is 0 Å². The Kier molecular flexibility index (Phi) is 44.9. The minimum Gasteiger partial charge on any atom is -0.462 e. The number of rotatable bonds is 44. The molecular weight excluding hydrogens is 721 g/mol. The Morgan fingerprint density at radius 1 is 0.362 bits per heavy atom. The molecule has 0 fully saturated rings. The van der Waals surface area contributed by atoms with Gasteiger partial charge in [0.1, 0.15) is 13.2 Å². The first-order valence-electron chi connectivity index (χ1n) is 24.6. The molecule has 6 nitrogen and oxygen atoms in total. The minimum atomic E-state index is -0.776. The Labute approximate surface area is 358 Å². The van der Waals surface area contributed by atoms with Crippen LogP contribution in [0.25, 0.3) is 0 Å². The predicted molar refractivity (Wildman–Crippen MR) is 247 cm³/mol. The van der Waals surface area contributed by atoms with E-state index in [1.165, 1.54) is 116 Å².